The maximum absolute atomic E-state index is 13.1. The van der Waals surface area contributed by atoms with Gasteiger partial charge in [-0.2, -0.15) is 13.2 Å². The molecule has 1 aliphatic rings. The van der Waals surface area contributed by atoms with E-state index in [1.807, 2.05) is 6.92 Å². The molecule has 0 amide bonds. The van der Waals surface area contributed by atoms with E-state index in [1.165, 1.54) is 6.07 Å². The lowest BCUT2D eigenvalue weighted by Crippen LogP contribution is -2.05. The Balaban J connectivity index is 2.19. The van der Waals surface area contributed by atoms with Crippen molar-refractivity contribution in [1.82, 2.24) is 0 Å². The van der Waals surface area contributed by atoms with Crippen LogP contribution in [0.15, 0.2) is 36.4 Å². The number of ether oxygens (including phenoxy) is 1. The zero-order valence-corrected chi connectivity index (χ0v) is 11.9. The summed E-state index contributed by atoms with van der Waals surface area (Å²) in [5, 5.41) is 0.539. The Labute approximate surface area is 125 Å². The Morgan fingerprint density at radius 1 is 1.14 bits per heavy atom. The third kappa shape index (κ3) is 2.72. The molecule has 1 heterocycles. The summed E-state index contributed by atoms with van der Waals surface area (Å²) in [7, 11) is 0. The molecular weight excluding hydrogens is 301 g/mol. The fourth-order valence-corrected chi connectivity index (χ4v) is 2.67. The first-order valence-corrected chi connectivity index (χ1v) is 6.89. The van der Waals surface area contributed by atoms with E-state index in [0.717, 1.165) is 6.07 Å². The van der Waals surface area contributed by atoms with E-state index >= 15 is 0 Å². The topological polar surface area (TPSA) is 9.23 Å². The molecule has 0 aliphatic carbocycles. The van der Waals surface area contributed by atoms with Gasteiger partial charge >= 0.3 is 6.18 Å². The third-order valence-electron chi connectivity index (χ3n) is 3.47. The van der Waals surface area contributed by atoms with E-state index < -0.39 is 11.7 Å². The lowest BCUT2D eigenvalue weighted by atomic mass is 9.97. The summed E-state index contributed by atoms with van der Waals surface area (Å²) >= 11 is 5.83. The molecule has 2 aromatic rings. The van der Waals surface area contributed by atoms with E-state index in [-0.39, 0.29) is 6.10 Å². The Morgan fingerprint density at radius 2 is 1.81 bits per heavy atom. The zero-order valence-electron chi connectivity index (χ0n) is 11.2. The fraction of sp³-hybridized carbons (Fsp3) is 0.250. The van der Waals surface area contributed by atoms with Gasteiger partial charge in [0.15, 0.2) is 0 Å². The molecule has 0 saturated heterocycles. The van der Waals surface area contributed by atoms with Crippen LogP contribution in [0.5, 0.6) is 5.75 Å². The first-order chi connectivity index (χ1) is 9.84. The summed E-state index contributed by atoms with van der Waals surface area (Å²) in [6, 6.07) is 9.02. The number of benzene rings is 2. The van der Waals surface area contributed by atoms with Crippen LogP contribution in [0.4, 0.5) is 13.2 Å². The molecule has 0 saturated carbocycles. The van der Waals surface area contributed by atoms with Gasteiger partial charge in [0.25, 0.3) is 0 Å². The fourth-order valence-electron chi connectivity index (χ4n) is 2.54. The van der Waals surface area contributed by atoms with Gasteiger partial charge in [0.2, 0.25) is 0 Å². The molecule has 0 N–H and O–H groups in total. The van der Waals surface area contributed by atoms with E-state index in [2.05, 4.69) is 0 Å². The van der Waals surface area contributed by atoms with Crippen LogP contribution >= 0.6 is 11.6 Å². The molecule has 110 valence electrons. The van der Waals surface area contributed by atoms with Crippen LogP contribution in [0.1, 0.15) is 18.1 Å². The predicted molar refractivity (Wildman–Crippen MR) is 75.7 cm³/mol. The quantitative estimate of drug-likeness (QED) is 0.689. The molecule has 3 rings (SSSR count). The Kier molecular flexibility index (Phi) is 3.36. The molecule has 5 heteroatoms. The van der Waals surface area contributed by atoms with Crippen LogP contribution in [0.25, 0.3) is 11.1 Å². The molecule has 21 heavy (non-hydrogen) atoms. The zero-order chi connectivity index (χ0) is 15.2. The maximum Gasteiger partial charge on any atom is 0.416 e. The predicted octanol–water partition coefficient (Wildman–Crippen LogP) is 5.35. The van der Waals surface area contributed by atoms with E-state index in [9.17, 15) is 13.2 Å². The minimum atomic E-state index is -4.37. The highest BCUT2D eigenvalue weighted by Gasteiger charge is 2.34. The number of fused-ring (bicyclic) bond motifs is 1. The minimum Gasteiger partial charge on any atom is -0.489 e. The molecule has 1 atom stereocenters. The van der Waals surface area contributed by atoms with Gasteiger partial charge in [0, 0.05) is 17.0 Å². The normalized spacial score (nSPS) is 17.5. The summed E-state index contributed by atoms with van der Waals surface area (Å²) in [4.78, 5) is 0. The van der Waals surface area contributed by atoms with Crippen LogP contribution < -0.4 is 4.74 Å². The summed E-state index contributed by atoms with van der Waals surface area (Å²) in [6.45, 7) is 1.85. The molecule has 0 aromatic heterocycles. The summed E-state index contributed by atoms with van der Waals surface area (Å²) in [6.07, 6.45) is -4.00. The largest absolute Gasteiger partial charge is 0.489 e. The summed E-state index contributed by atoms with van der Waals surface area (Å²) in [5.41, 5.74) is 1.07. The Morgan fingerprint density at radius 3 is 2.43 bits per heavy atom. The van der Waals surface area contributed by atoms with Gasteiger partial charge in [-0.3, -0.25) is 0 Å². The van der Waals surface area contributed by atoms with Gasteiger partial charge < -0.3 is 4.74 Å². The van der Waals surface area contributed by atoms with Crippen LogP contribution in [0.2, 0.25) is 5.02 Å². The smallest absolute Gasteiger partial charge is 0.416 e. The first kappa shape index (κ1) is 14.3. The molecule has 0 fully saturated rings. The first-order valence-electron chi connectivity index (χ1n) is 6.51. The molecule has 0 bridgehead atoms. The number of hydrogen-bond acceptors (Lipinski definition) is 1. The minimum absolute atomic E-state index is 0.116. The van der Waals surface area contributed by atoms with Crippen molar-refractivity contribution in [2.75, 3.05) is 0 Å². The second kappa shape index (κ2) is 4.95. The lowest BCUT2D eigenvalue weighted by Gasteiger charge is -2.14. The summed E-state index contributed by atoms with van der Waals surface area (Å²) < 4.78 is 44.8. The molecule has 1 aliphatic heterocycles. The van der Waals surface area contributed by atoms with Gasteiger partial charge in [-0.05, 0) is 42.3 Å². The van der Waals surface area contributed by atoms with Gasteiger partial charge in [-0.15, -0.1) is 0 Å². The lowest BCUT2D eigenvalue weighted by molar-refractivity contribution is -0.137. The molecule has 0 spiro atoms. The van der Waals surface area contributed by atoms with Crippen molar-refractivity contribution in [1.29, 1.82) is 0 Å². The second-order valence-electron chi connectivity index (χ2n) is 5.15. The number of rotatable bonds is 1. The molecule has 0 radical (unpaired) electrons. The van der Waals surface area contributed by atoms with Crippen LogP contribution in [-0.2, 0) is 12.6 Å². The van der Waals surface area contributed by atoms with Crippen molar-refractivity contribution in [3.8, 4) is 16.9 Å². The van der Waals surface area contributed by atoms with E-state index in [1.54, 1.807) is 24.3 Å². The van der Waals surface area contributed by atoms with Crippen molar-refractivity contribution in [3.05, 3.63) is 52.5 Å². The second-order valence-corrected chi connectivity index (χ2v) is 5.59. The number of hydrogen-bond donors (Lipinski definition) is 0. The van der Waals surface area contributed by atoms with Gasteiger partial charge in [-0.25, -0.2) is 0 Å². The highest BCUT2D eigenvalue weighted by Crippen LogP contribution is 2.43. The van der Waals surface area contributed by atoms with Crippen molar-refractivity contribution < 1.29 is 17.9 Å². The molecule has 2 aromatic carbocycles. The van der Waals surface area contributed by atoms with Crippen molar-refractivity contribution >= 4 is 11.6 Å². The van der Waals surface area contributed by atoms with Gasteiger partial charge in [0.1, 0.15) is 11.9 Å². The average Bonchev–Trinajstić information content (AvgIpc) is 2.77. The standard InChI is InChI=1S/C16H12ClF3O/c1-9-6-11-7-12(16(18,19)20)8-14(15(11)21-9)10-2-4-13(17)5-3-10/h2-5,7-9H,6H2,1H3. The molecule has 1 unspecified atom stereocenters. The van der Waals surface area contributed by atoms with Crippen molar-refractivity contribution in [3.63, 3.8) is 0 Å². The third-order valence-corrected chi connectivity index (χ3v) is 3.73. The van der Waals surface area contributed by atoms with Crippen LogP contribution in [0, 0.1) is 0 Å². The maximum atomic E-state index is 13.1. The highest BCUT2D eigenvalue weighted by molar-refractivity contribution is 6.30. The van der Waals surface area contributed by atoms with Gasteiger partial charge in [0.05, 0.1) is 5.56 Å². The number of halogens is 4. The van der Waals surface area contributed by atoms with Gasteiger partial charge in [-0.1, -0.05) is 23.7 Å². The summed E-state index contributed by atoms with van der Waals surface area (Å²) in [5.74, 6) is 0.540. The van der Waals surface area contributed by atoms with Crippen molar-refractivity contribution in [2.24, 2.45) is 0 Å². The Bertz CT molecular complexity index is 677. The average molecular weight is 313 g/mol. The molecular formula is C16H12ClF3O. The van der Waals surface area contributed by atoms with E-state index in [0.29, 0.717) is 33.9 Å². The SMILES string of the molecule is CC1Cc2cc(C(F)(F)F)cc(-c3ccc(Cl)cc3)c2O1. The monoisotopic (exact) mass is 312 g/mol. The Hall–Kier alpha value is -1.68. The molecule has 1 nitrogen and oxygen atoms in total. The van der Waals surface area contributed by atoms with Crippen LogP contribution in [0.3, 0.4) is 0 Å². The van der Waals surface area contributed by atoms with Crippen molar-refractivity contribution in [2.45, 2.75) is 25.6 Å². The van der Waals surface area contributed by atoms with Crippen LogP contribution in [-0.4, -0.2) is 6.10 Å². The highest BCUT2D eigenvalue weighted by atomic mass is 35.5. The van der Waals surface area contributed by atoms with E-state index in [4.69, 9.17) is 16.3 Å². The number of alkyl halides is 3.